The lowest BCUT2D eigenvalue weighted by Crippen LogP contribution is -2.58. The topological polar surface area (TPSA) is 91.0 Å². The Morgan fingerprint density at radius 3 is 2.18 bits per heavy atom. The monoisotopic (exact) mass is 458 g/mol. The first-order valence-corrected chi connectivity index (χ1v) is 12.1. The fourth-order valence-electron chi connectivity index (χ4n) is 4.36. The number of carbonyl (C=O) groups excluding carboxylic acids is 3. The van der Waals surface area contributed by atoms with E-state index in [1.807, 2.05) is 30.3 Å². The lowest BCUT2D eigenvalue weighted by Gasteiger charge is -2.37. The van der Waals surface area contributed by atoms with Crippen LogP contribution in [0.1, 0.15) is 58.4 Å². The quantitative estimate of drug-likeness (QED) is 0.708. The molecular formula is C25H38N4O4. The third-order valence-corrected chi connectivity index (χ3v) is 6.08. The van der Waals surface area contributed by atoms with Crippen LogP contribution in [0.4, 0.5) is 9.59 Å². The predicted octanol–water partition coefficient (Wildman–Crippen LogP) is 3.31. The number of carbonyl (C=O) groups is 3. The molecule has 2 aliphatic rings. The largest absolute Gasteiger partial charge is 0.444 e. The van der Waals surface area contributed by atoms with E-state index in [9.17, 15) is 14.4 Å². The molecule has 0 aromatic heterocycles. The van der Waals surface area contributed by atoms with Gasteiger partial charge in [-0.1, -0.05) is 49.6 Å². The maximum absolute atomic E-state index is 13.3. The summed E-state index contributed by atoms with van der Waals surface area (Å²) in [7, 11) is 0. The predicted molar refractivity (Wildman–Crippen MR) is 127 cm³/mol. The average Bonchev–Trinajstić information content (AvgIpc) is 2.78. The Morgan fingerprint density at radius 2 is 1.58 bits per heavy atom. The zero-order chi connectivity index (χ0) is 23.8. The van der Waals surface area contributed by atoms with E-state index in [2.05, 4.69) is 10.6 Å². The van der Waals surface area contributed by atoms with Gasteiger partial charge in [-0.15, -0.1) is 0 Å². The van der Waals surface area contributed by atoms with E-state index in [-0.39, 0.29) is 18.0 Å². The van der Waals surface area contributed by atoms with Gasteiger partial charge in [0.05, 0.1) is 0 Å². The Bertz CT molecular complexity index is 794. The van der Waals surface area contributed by atoms with Crippen molar-refractivity contribution in [3.63, 3.8) is 0 Å². The van der Waals surface area contributed by atoms with E-state index in [0.717, 1.165) is 18.4 Å². The number of amides is 4. The van der Waals surface area contributed by atoms with Crippen LogP contribution in [0, 0.1) is 0 Å². The molecule has 3 rings (SSSR count). The van der Waals surface area contributed by atoms with Crippen molar-refractivity contribution in [3.05, 3.63) is 35.9 Å². The van der Waals surface area contributed by atoms with Crippen LogP contribution in [0.2, 0.25) is 0 Å². The number of rotatable bonds is 5. The van der Waals surface area contributed by atoms with Crippen LogP contribution in [0.3, 0.4) is 0 Å². The number of piperazine rings is 1. The fourth-order valence-corrected chi connectivity index (χ4v) is 4.36. The zero-order valence-electron chi connectivity index (χ0n) is 20.1. The minimum Gasteiger partial charge on any atom is -0.444 e. The molecule has 4 amide bonds. The molecule has 1 atom stereocenters. The summed E-state index contributed by atoms with van der Waals surface area (Å²) in [5.74, 6) is -0.156. The van der Waals surface area contributed by atoms with Gasteiger partial charge in [0.15, 0.2) is 0 Å². The van der Waals surface area contributed by atoms with Crippen molar-refractivity contribution < 1.29 is 19.1 Å². The first kappa shape index (κ1) is 24.9. The van der Waals surface area contributed by atoms with Crippen molar-refractivity contribution in [2.24, 2.45) is 0 Å². The van der Waals surface area contributed by atoms with Gasteiger partial charge >= 0.3 is 12.1 Å². The number of alkyl carbamates (subject to hydrolysis) is 1. The summed E-state index contributed by atoms with van der Waals surface area (Å²) in [6, 6.07) is 9.10. The van der Waals surface area contributed by atoms with E-state index in [1.165, 1.54) is 19.3 Å². The molecule has 33 heavy (non-hydrogen) atoms. The molecule has 8 nitrogen and oxygen atoms in total. The summed E-state index contributed by atoms with van der Waals surface area (Å²) in [6.07, 6.45) is 5.43. The number of hydrogen-bond acceptors (Lipinski definition) is 4. The Labute approximate surface area is 197 Å². The van der Waals surface area contributed by atoms with E-state index in [4.69, 9.17) is 4.74 Å². The molecule has 1 unspecified atom stereocenters. The lowest BCUT2D eigenvalue weighted by molar-refractivity contribution is -0.134. The van der Waals surface area contributed by atoms with Crippen LogP contribution in [-0.2, 0) is 16.0 Å². The van der Waals surface area contributed by atoms with Crippen molar-refractivity contribution in [1.29, 1.82) is 0 Å². The van der Waals surface area contributed by atoms with Gasteiger partial charge < -0.3 is 25.2 Å². The van der Waals surface area contributed by atoms with Crippen LogP contribution in [0.25, 0.3) is 0 Å². The molecule has 1 saturated heterocycles. The van der Waals surface area contributed by atoms with E-state index < -0.39 is 17.7 Å². The van der Waals surface area contributed by atoms with Crippen molar-refractivity contribution in [3.8, 4) is 0 Å². The molecule has 1 aliphatic carbocycles. The number of nitrogens with one attached hydrogen (secondary N) is 2. The van der Waals surface area contributed by atoms with E-state index in [1.54, 1.807) is 30.6 Å². The molecule has 8 heteroatoms. The van der Waals surface area contributed by atoms with E-state index >= 15 is 0 Å². The van der Waals surface area contributed by atoms with Crippen molar-refractivity contribution in [2.75, 3.05) is 26.2 Å². The van der Waals surface area contributed by atoms with Gasteiger partial charge in [0, 0.05) is 38.6 Å². The third kappa shape index (κ3) is 7.94. The highest BCUT2D eigenvalue weighted by molar-refractivity contribution is 5.86. The Kier molecular flexibility index (Phi) is 8.58. The summed E-state index contributed by atoms with van der Waals surface area (Å²) in [6.45, 7) is 7.22. The summed E-state index contributed by atoms with van der Waals surface area (Å²) >= 11 is 0. The number of hydrogen-bond donors (Lipinski definition) is 2. The van der Waals surface area contributed by atoms with Gasteiger partial charge in [-0.25, -0.2) is 9.59 Å². The first-order chi connectivity index (χ1) is 15.7. The molecule has 1 aromatic rings. The maximum Gasteiger partial charge on any atom is 0.408 e. The maximum atomic E-state index is 13.3. The van der Waals surface area contributed by atoms with Gasteiger partial charge in [-0.2, -0.15) is 0 Å². The highest BCUT2D eigenvalue weighted by Crippen LogP contribution is 2.18. The molecule has 1 heterocycles. The summed E-state index contributed by atoms with van der Waals surface area (Å²) in [5.41, 5.74) is 0.305. The highest BCUT2D eigenvalue weighted by atomic mass is 16.6. The number of nitrogens with zero attached hydrogens (tertiary/aromatic N) is 2. The second kappa shape index (κ2) is 11.4. The molecule has 1 saturated carbocycles. The Hall–Kier alpha value is -2.77. The number of benzene rings is 1. The molecule has 2 N–H and O–H groups in total. The van der Waals surface area contributed by atoms with Gasteiger partial charge in [-0.3, -0.25) is 4.79 Å². The van der Waals surface area contributed by atoms with Crippen LogP contribution in [0.5, 0.6) is 0 Å². The molecule has 1 aliphatic heterocycles. The normalized spacial score (nSPS) is 18.4. The molecule has 2 fully saturated rings. The Balaban J connectivity index is 1.57. The molecule has 0 bridgehead atoms. The average molecular weight is 459 g/mol. The fraction of sp³-hybridized carbons (Fsp3) is 0.640. The lowest BCUT2D eigenvalue weighted by atomic mass is 9.96. The van der Waals surface area contributed by atoms with Gasteiger partial charge in [-0.05, 0) is 39.2 Å². The van der Waals surface area contributed by atoms with Crippen molar-refractivity contribution in [1.82, 2.24) is 20.4 Å². The summed E-state index contributed by atoms with van der Waals surface area (Å²) in [4.78, 5) is 41.9. The van der Waals surface area contributed by atoms with Crippen LogP contribution >= 0.6 is 0 Å². The second-order valence-electron chi connectivity index (χ2n) is 9.99. The molecule has 182 valence electrons. The van der Waals surface area contributed by atoms with Crippen LogP contribution in [-0.4, -0.2) is 71.7 Å². The van der Waals surface area contributed by atoms with Gasteiger partial charge in [0.2, 0.25) is 5.91 Å². The van der Waals surface area contributed by atoms with Crippen molar-refractivity contribution in [2.45, 2.75) is 77.0 Å². The van der Waals surface area contributed by atoms with Crippen LogP contribution in [0.15, 0.2) is 30.3 Å². The number of ether oxygens (including phenoxy) is 1. The first-order valence-electron chi connectivity index (χ1n) is 12.1. The zero-order valence-corrected chi connectivity index (χ0v) is 20.1. The Morgan fingerprint density at radius 1 is 0.970 bits per heavy atom. The molecular weight excluding hydrogens is 420 g/mol. The van der Waals surface area contributed by atoms with Gasteiger partial charge in [0.1, 0.15) is 11.6 Å². The standard InChI is InChI=1S/C25H38N4O4/c1-25(2,3)33-24(32)27-21(18-19-10-6-4-7-11-19)22(30)28-14-16-29(17-15-28)23(31)26-20-12-8-5-9-13-20/h4,6-7,10-11,20-21H,5,8-9,12-18H2,1-3H3,(H,26,31)(H,27,32). The van der Waals surface area contributed by atoms with E-state index in [0.29, 0.717) is 32.6 Å². The summed E-state index contributed by atoms with van der Waals surface area (Å²) in [5, 5.41) is 5.91. The SMILES string of the molecule is CC(C)(C)OC(=O)NC(Cc1ccccc1)C(=O)N1CCN(C(=O)NC2CCCCC2)CC1. The minimum atomic E-state index is -0.732. The highest BCUT2D eigenvalue weighted by Gasteiger charge is 2.31. The van der Waals surface area contributed by atoms with Crippen LogP contribution < -0.4 is 10.6 Å². The number of urea groups is 1. The minimum absolute atomic E-state index is 0.0401. The molecule has 1 aromatic carbocycles. The summed E-state index contributed by atoms with van der Waals surface area (Å²) < 4.78 is 5.38. The molecule has 0 spiro atoms. The smallest absolute Gasteiger partial charge is 0.408 e. The molecule has 0 radical (unpaired) electrons. The third-order valence-electron chi connectivity index (χ3n) is 6.08. The van der Waals surface area contributed by atoms with Crippen molar-refractivity contribution >= 4 is 18.0 Å². The second-order valence-corrected chi connectivity index (χ2v) is 9.99. The van der Waals surface area contributed by atoms with Gasteiger partial charge in [0.25, 0.3) is 0 Å².